The van der Waals surface area contributed by atoms with Crippen molar-refractivity contribution < 1.29 is 19.1 Å². The lowest BCUT2D eigenvalue weighted by molar-refractivity contribution is -0.255. The summed E-state index contributed by atoms with van der Waals surface area (Å²) in [4.78, 5) is 23.9. The highest BCUT2D eigenvalue weighted by Crippen LogP contribution is 2.54. The van der Waals surface area contributed by atoms with Crippen LogP contribution in [0.5, 0.6) is 0 Å². The second-order valence-corrected chi connectivity index (χ2v) is 5.68. The molecular weight excluding hydrogens is 232 g/mol. The first-order chi connectivity index (χ1) is 8.46. The fourth-order valence-corrected chi connectivity index (χ4v) is 3.26. The molecule has 18 heavy (non-hydrogen) atoms. The van der Waals surface area contributed by atoms with Crippen LogP contribution in [0.4, 0.5) is 0 Å². The van der Waals surface area contributed by atoms with E-state index in [2.05, 4.69) is 0 Å². The molecular formula is C14H22O4. The quantitative estimate of drug-likeness (QED) is 0.573. The first kappa shape index (κ1) is 13.4. The summed E-state index contributed by atoms with van der Waals surface area (Å²) in [5, 5.41) is 0. The molecule has 1 saturated carbocycles. The van der Waals surface area contributed by atoms with Crippen molar-refractivity contribution >= 4 is 11.9 Å². The van der Waals surface area contributed by atoms with Gasteiger partial charge in [0.05, 0.1) is 6.61 Å². The molecule has 0 amide bonds. The maximum atomic E-state index is 12.1. The molecule has 1 heterocycles. The van der Waals surface area contributed by atoms with Gasteiger partial charge in [-0.1, -0.05) is 19.3 Å². The van der Waals surface area contributed by atoms with Crippen molar-refractivity contribution in [2.45, 2.75) is 58.5 Å². The van der Waals surface area contributed by atoms with Gasteiger partial charge >= 0.3 is 11.9 Å². The molecule has 0 N–H and O–H groups in total. The highest BCUT2D eigenvalue weighted by atomic mass is 16.6. The van der Waals surface area contributed by atoms with Gasteiger partial charge in [0.2, 0.25) is 5.41 Å². The summed E-state index contributed by atoms with van der Waals surface area (Å²) in [5.74, 6) is -0.596. The molecule has 2 fully saturated rings. The van der Waals surface area contributed by atoms with Crippen molar-refractivity contribution in [3.8, 4) is 0 Å². The number of carbonyl (C=O) groups excluding carboxylic acids is 2. The number of esters is 2. The van der Waals surface area contributed by atoms with Crippen LogP contribution in [0.2, 0.25) is 0 Å². The molecule has 0 radical (unpaired) electrons. The second-order valence-electron chi connectivity index (χ2n) is 5.68. The van der Waals surface area contributed by atoms with E-state index >= 15 is 0 Å². The third-order valence-corrected chi connectivity index (χ3v) is 4.77. The average molecular weight is 254 g/mol. The van der Waals surface area contributed by atoms with E-state index < -0.39 is 23.0 Å². The summed E-state index contributed by atoms with van der Waals surface area (Å²) in [6, 6.07) is 0. The summed E-state index contributed by atoms with van der Waals surface area (Å²) in [5.41, 5.74) is -1.80. The zero-order valence-electron chi connectivity index (χ0n) is 11.5. The van der Waals surface area contributed by atoms with Crippen molar-refractivity contribution in [2.75, 3.05) is 6.61 Å². The molecule has 0 aromatic heterocycles. The lowest BCUT2D eigenvalue weighted by Gasteiger charge is -2.55. The van der Waals surface area contributed by atoms with Gasteiger partial charge in [0.15, 0.2) is 0 Å². The summed E-state index contributed by atoms with van der Waals surface area (Å²) in [7, 11) is 0. The van der Waals surface area contributed by atoms with Crippen LogP contribution >= 0.6 is 0 Å². The minimum absolute atomic E-state index is 0.276. The topological polar surface area (TPSA) is 52.6 Å². The third kappa shape index (κ3) is 1.65. The van der Waals surface area contributed by atoms with E-state index in [1.807, 2.05) is 6.92 Å². The first-order valence-corrected chi connectivity index (χ1v) is 6.87. The SMILES string of the molecule is CCOC(=O)[C@]1(C)C(=O)O[C@]1(C)C1CCCCC1. The Labute approximate surface area is 108 Å². The van der Waals surface area contributed by atoms with Crippen molar-refractivity contribution in [3.05, 3.63) is 0 Å². The predicted molar refractivity (Wildman–Crippen MR) is 65.8 cm³/mol. The van der Waals surface area contributed by atoms with Crippen molar-refractivity contribution in [1.29, 1.82) is 0 Å². The molecule has 0 aromatic carbocycles. The van der Waals surface area contributed by atoms with E-state index in [0.717, 1.165) is 25.7 Å². The molecule has 2 rings (SSSR count). The molecule has 0 unspecified atom stereocenters. The van der Waals surface area contributed by atoms with Gasteiger partial charge in [0, 0.05) is 5.92 Å². The van der Waals surface area contributed by atoms with Gasteiger partial charge in [-0.3, -0.25) is 9.59 Å². The molecule has 1 aliphatic heterocycles. The van der Waals surface area contributed by atoms with Crippen LogP contribution in [0.3, 0.4) is 0 Å². The fourth-order valence-electron chi connectivity index (χ4n) is 3.26. The normalized spacial score (nSPS) is 36.7. The number of carbonyl (C=O) groups is 2. The molecule has 2 aliphatic rings. The maximum absolute atomic E-state index is 12.1. The molecule has 1 saturated heterocycles. The molecule has 0 bridgehead atoms. The van der Waals surface area contributed by atoms with E-state index in [0.29, 0.717) is 6.61 Å². The van der Waals surface area contributed by atoms with Gasteiger partial charge in [-0.15, -0.1) is 0 Å². The van der Waals surface area contributed by atoms with E-state index in [4.69, 9.17) is 9.47 Å². The standard InChI is InChI=1S/C14H22O4/c1-4-17-11(15)13(2)12(16)18-14(13,3)10-8-6-5-7-9-10/h10H,4-9H2,1-3H3/t13-,14-/m1/s1. The van der Waals surface area contributed by atoms with Crippen LogP contribution in [-0.4, -0.2) is 24.1 Å². The Kier molecular flexibility index (Phi) is 3.39. The number of cyclic esters (lactones) is 1. The summed E-state index contributed by atoms with van der Waals surface area (Å²) >= 11 is 0. The first-order valence-electron chi connectivity index (χ1n) is 6.87. The van der Waals surface area contributed by atoms with Crippen LogP contribution in [-0.2, 0) is 19.1 Å². The van der Waals surface area contributed by atoms with Crippen molar-refractivity contribution in [3.63, 3.8) is 0 Å². The summed E-state index contributed by atoms with van der Waals surface area (Å²) in [6.45, 7) is 5.61. The Balaban J connectivity index is 2.21. The molecule has 102 valence electrons. The van der Waals surface area contributed by atoms with Gasteiger partial charge < -0.3 is 9.47 Å². The Morgan fingerprint density at radius 1 is 1.33 bits per heavy atom. The largest absolute Gasteiger partial charge is 0.465 e. The Morgan fingerprint density at radius 2 is 1.94 bits per heavy atom. The molecule has 4 heteroatoms. The Hall–Kier alpha value is -1.06. The van der Waals surface area contributed by atoms with Gasteiger partial charge in [-0.25, -0.2) is 0 Å². The number of hydrogen-bond donors (Lipinski definition) is 0. The molecule has 1 aliphatic carbocycles. The van der Waals surface area contributed by atoms with Crippen LogP contribution < -0.4 is 0 Å². The minimum Gasteiger partial charge on any atom is -0.465 e. The monoisotopic (exact) mass is 254 g/mol. The predicted octanol–water partition coefficient (Wildman–Crippen LogP) is 2.45. The number of ether oxygens (including phenoxy) is 2. The lowest BCUT2D eigenvalue weighted by atomic mass is 9.60. The third-order valence-electron chi connectivity index (χ3n) is 4.77. The molecule has 0 spiro atoms. The average Bonchev–Trinajstić information content (AvgIpc) is 2.39. The van der Waals surface area contributed by atoms with Crippen LogP contribution in [0.15, 0.2) is 0 Å². The highest BCUT2D eigenvalue weighted by Gasteiger charge is 2.71. The molecule has 4 nitrogen and oxygen atoms in total. The Bertz CT molecular complexity index is 359. The smallest absolute Gasteiger partial charge is 0.328 e. The number of rotatable bonds is 3. The molecule has 2 atom stereocenters. The van der Waals surface area contributed by atoms with Gasteiger partial charge in [-0.05, 0) is 33.6 Å². The van der Waals surface area contributed by atoms with E-state index in [1.54, 1.807) is 13.8 Å². The maximum Gasteiger partial charge on any atom is 0.328 e. The van der Waals surface area contributed by atoms with Crippen molar-refractivity contribution in [2.24, 2.45) is 11.3 Å². The van der Waals surface area contributed by atoms with Gasteiger partial charge in [-0.2, -0.15) is 0 Å². The van der Waals surface area contributed by atoms with Crippen LogP contribution in [0, 0.1) is 11.3 Å². The van der Waals surface area contributed by atoms with E-state index in [-0.39, 0.29) is 5.92 Å². The van der Waals surface area contributed by atoms with Crippen molar-refractivity contribution in [1.82, 2.24) is 0 Å². The second kappa shape index (κ2) is 4.56. The summed E-state index contributed by atoms with van der Waals surface area (Å²) < 4.78 is 10.5. The zero-order valence-corrected chi connectivity index (χ0v) is 11.5. The van der Waals surface area contributed by atoms with E-state index in [1.165, 1.54) is 6.42 Å². The summed E-state index contributed by atoms with van der Waals surface area (Å²) in [6.07, 6.45) is 5.58. The van der Waals surface area contributed by atoms with E-state index in [9.17, 15) is 9.59 Å². The minimum atomic E-state index is -1.12. The molecule has 0 aromatic rings. The van der Waals surface area contributed by atoms with Gasteiger partial charge in [0.25, 0.3) is 0 Å². The van der Waals surface area contributed by atoms with Crippen LogP contribution in [0.1, 0.15) is 52.9 Å². The fraction of sp³-hybridized carbons (Fsp3) is 0.857. The zero-order chi connectivity index (χ0) is 13.4. The van der Waals surface area contributed by atoms with Gasteiger partial charge in [0.1, 0.15) is 5.60 Å². The highest BCUT2D eigenvalue weighted by molar-refractivity contribution is 6.05. The van der Waals surface area contributed by atoms with Crippen LogP contribution in [0.25, 0.3) is 0 Å². The lowest BCUT2D eigenvalue weighted by Crippen LogP contribution is -2.70. The number of hydrogen-bond acceptors (Lipinski definition) is 4. The Morgan fingerprint density at radius 3 is 2.44 bits per heavy atom.